The van der Waals surface area contributed by atoms with E-state index in [2.05, 4.69) is 9.47 Å². The van der Waals surface area contributed by atoms with Gasteiger partial charge in [-0.05, 0) is 6.92 Å². The first kappa shape index (κ1) is 23.4. The van der Waals surface area contributed by atoms with Crippen LogP contribution >= 0.6 is 0 Å². The van der Waals surface area contributed by atoms with Gasteiger partial charge in [-0.3, -0.25) is 0 Å². The Hall–Kier alpha value is -2.66. The number of rotatable bonds is 4. The molecule has 0 aromatic heterocycles. The van der Waals surface area contributed by atoms with Crippen molar-refractivity contribution < 1.29 is 50.5 Å². The maximum atomic E-state index is 13.6. The molecular weight excluding hydrogens is 400 g/mol. The summed E-state index contributed by atoms with van der Waals surface area (Å²) in [6.45, 7) is 2.08. The first-order chi connectivity index (χ1) is 12.7. The van der Waals surface area contributed by atoms with E-state index in [1.165, 1.54) is 6.92 Å². The van der Waals surface area contributed by atoms with Gasteiger partial charge in [-0.15, -0.1) is 0 Å². The standard InChI is InChI=1S/C16H17F6NO5/c1-5-28-14(26)11-7(2)10(13(25)27-4)8(6-9(24)15(17,18)19)23(3)12(11)16(20,21)22/h6-7,24H,5H2,1-4H3/b9-6-. The second-order valence-electron chi connectivity index (χ2n) is 5.58. The molecule has 0 saturated heterocycles. The van der Waals surface area contributed by atoms with Gasteiger partial charge >= 0.3 is 24.3 Å². The Labute approximate surface area is 155 Å². The third-order valence-electron chi connectivity index (χ3n) is 3.83. The molecule has 1 atom stereocenters. The summed E-state index contributed by atoms with van der Waals surface area (Å²) >= 11 is 0. The van der Waals surface area contributed by atoms with Crippen molar-refractivity contribution in [2.75, 3.05) is 20.8 Å². The maximum Gasteiger partial charge on any atom is 0.448 e. The van der Waals surface area contributed by atoms with Crippen LogP contribution in [0.3, 0.4) is 0 Å². The average molecular weight is 417 g/mol. The van der Waals surface area contributed by atoms with Gasteiger partial charge in [0.15, 0.2) is 5.76 Å². The molecule has 158 valence electrons. The monoisotopic (exact) mass is 417 g/mol. The van der Waals surface area contributed by atoms with E-state index >= 15 is 0 Å². The van der Waals surface area contributed by atoms with Crippen LogP contribution < -0.4 is 0 Å². The molecule has 0 saturated carbocycles. The lowest BCUT2D eigenvalue weighted by molar-refractivity contribution is -0.142. The smallest absolute Gasteiger partial charge is 0.448 e. The van der Waals surface area contributed by atoms with Crippen LogP contribution in [0.4, 0.5) is 26.3 Å². The number of aliphatic hydroxyl groups excluding tert-OH is 1. The fourth-order valence-electron chi connectivity index (χ4n) is 2.66. The van der Waals surface area contributed by atoms with Gasteiger partial charge in [0.2, 0.25) is 0 Å². The zero-order valence-electron chi connectivity index (χ0n) is 15.2. The van der Waals surface area contributed by atoms with Gasteiger partial charge in [0.05, 0.1) is 30.6 Å². The fourth-order valence-corrected chi connectivity index (χ4v) is 2.66. The third kappa shape index (κ3) is 4.60. The molecule has 0 bridgehead atoms. The summed E-state index contributed by atoms with van der Waals surface area (Å²) in [7, 11) is 1.56. The normalized spacial score (nSPS) is 19.1. The van der Waals surface area contributed by atoms with Gasteiger partial charge < -0.3 is 19.5 Å². The second kappa shape index (κ2) is 8.15. The molecule has 0 aromatic carbocycles. The Morgan fingerprint density at radius 3 is 2.07 bits per heavy atom. The predicted molar refractivity (Wildman–Crippen MR) is 82.4 cm³/mol. The number of aliphatic hydroxyl groups is 1. The van der Waals surface area contributed by atoms with Crippen LogP contribution in [-0.4, -0.2) is 55.1 Å². The van der Waals surface area contributed by atoms with E-state index in [4.69, 9.17) is 0 Å². The van der Waals surface area contributed by atoms with E-state index in [-0.39, 0.29) is 17.6 Å². The molecule has 0 spiro atoms. The van der Waals surface area contributed by atoms with Crippen molar-refractivity contribution in [1.29, 1.82) is 0 Å². The highest BCUT2D eigenvalue weighted by atomic mass is 19.4. The molecule has 0 aromatic rings. The topological polar surface area (TPSA) is 76.1 Å². The van der Waals surface area contributed by atoms with Crippen LogP contribution in [0.1, 0.15) is 13.8 Å². The Morgan fingerprint density at radius 1 is 1.14 bits per heavy atom. The number of alkyl halides is 6. The lowest BCUT2D eigenvalue weighted by Crippen LogP contribution is -2.40. The lowest BCUT2D eigenvalue weighted by Gasteiger charge is -2.36. The van der Waals surface area contributed by atoms with E-state index in [0.29, 0.717) is 7.05 Å². The van der Waals surface area contributed by atoms with E-state index in [9.17, 15) is 41.0 Å². The average Bonchev–Trinajstić information content (AvgIpc) is 2.55. The summed E-state index contributed by atoms with van der Waals surface area (Å²) in [5.41, 5.74) is -4.19. The molecule has 0 amide bonds. The molecule has 0 aliphatic carbocycles. The second-order valence-corrected chi connectivity index (χ2v) is 5.58. The summed E-state index contributed by atoms with van der Waals surface area (Å²) < 4.78 is 88.0. The van der Waals surface area contributed by atoms with Crippen molar-refractivity contribution in [3.8, 4) is 0 Å². The minimum absolute atomic E-state index is 0.0313. The number of likely N-dealkylation sites (N-methyl/N-ethyl adjacent to an activating group) is 1. The molecule has 0 fully saturated rings. The minimum Gasteiger partial charge on any atom is -0.504 e. The number of nitrogens with zero attached hydrogens (tertiary/aromatic N) is 1. The Balaban J connectivity index is 3.85. The summed E-state index contributed by atoms with van der Waals surface area (Å²) in [5, 5.41) is 9.20. The fraction of sp³-hybridized carbons (Fsp3) is 0.500. The summed E-state index contributed by atoms with van der Waals surface area (Å²) in [6, 6.07) is 0. The van der Waals surface area contributed by atoms with Crippen LogP contribution in [0.15, 0.2) is 34.4 Å². The van der Waals surface area contributed by atoms with Crippen LogP contribution in [0.25, 0.3) is 0 Å². The zero-order valence-corrected chi connectivity index (χ0v) is 15.2. The van der Waals surface area contributed by atoms with E-state index in [1.54, 1.807) is 0 Å². The molecule has 1 unspecified atom stereocenters. The van der Waals surface area contributed by atoms with Gasteiger partial charge in [-0.25, -0.2) is 9.59 Å². The highest BCUT2D eigenvalue weighted by Crippen LogP contribution is 2.43. The van der Waals surface area contributed by atoms with Gasteiger partial charge in [0.25, 0.3) is 0 Å². The number of esters is 2. The van der Waals surface area contributed by atoms with Crippen molar-refractivity contribution >= 4 is 11.9 Å². The van der Waals surface area contributed by atoms with E-state index < -0.39 is 58.5 Å². The molecule has 12 heteroatoms. The van der Waals surface area contributed by atoms with Crippen molar-refractivity contribution in [3.63, 3.8) is 0 Å². The largest absolute Gasteiger partial charge is 0.504 e. The first-order valence-corrected chi connectivity index (χ1v) is 7.70. The third-order valence-corrected chi connectivity index (χ3v) is 3.83. The van der Waals surface area contributed by atoms with Crippen LogP contribution in [-0.2, 0) is 19.1 Å². The number of hydrogen-bond acceptors (Lipinski definition) is 6. The van der Waals surface area contributed by atoms with Gasteiger partial charge in [0.1, 0.15) is 5.70 Å². The maximum absolute atomic E-state index is 13.6. The molecule has 1 N–H and O–H groups in total. The van der Waals surface area contributed by atoms with E-state index in [0.717, 1.165) is 14.0 Å². The number of carbonyl (C=O) groups is 2. The minimum atomic E-state index is -5.28. The molecule has 28 heavy (non-hydrogen) atoms. The van der Waals surface area contributed by atoms with Crippen LogP contribution in [0, 0.1) is 5.92 Å². The zero-order chi connectivity index (χ0) is 22.0. The molecular formula is C16H17F6NO5. The van der Waals surface area contributed by atoms with Crippen LogP contribution in [0.2, 0.25) is 0 Å². The van der Waals surface area contributed by atoms with Crippen LogP contribution in [0.5, 0.6) is 0 Å². The molecule has 1 rings (SSSR count). The SMILES string of the molecule is CCOC(=O)C1=C(C(F)(F)F)N(C)C(/C=C(\O)C(F)(F)F)=C(C(=O)OC)C1C. The van der Waals surface area contributed by atoms with E-state index in [1.807, 2.05) is 0 Å². The Kier molecular flexibility index (Phi) is 6.80. The molecule has 1 aliphatic heterocycles. The number of methoxy groups -OCH3 is 1. The Bertz CT molecular complexity index is 748. The molecule has 1 heterocycles. The molecule has 1 aliphatic rings. The molecule has 6 nitrogen and oxygen atoms in total. The van der Waals surface area contributed by atoms with Gasteiger partial charge in [0, 0.05) is 19.0 Å². The number of ether oxygens (including phenoxy) is 2. The molecule has 0 radical (unpaired) electrons. The number of halogens is 6. The van der Waals surface area contributed by atoms with Gasteiger partial charge in [-0.1, -0.05) is 6.92 Å². The van der Waals surface area contributed by atoms with Crippen molar-refractivity contribution in [2.45, 2.75) is 26.2 Å². The number of allylic oxidation sites excluding steroid dienone is 3. The quantitative estimate of drug-likeness (QED) is 0.430. The van der Waals surface area contributed by atoms with Gasteiger partial charge in [-0.2, -0.15) is 26.3 Å². The van der Waals surface area contributed by atoms with Crippen molar-refractivity contribution in [1.82, 2.24) is 4.90 Å². The summed E-state index contributed by atoms with van der Waals surface area (Å²) in [5.74, 6) is -6.53. The summed E-state index contributed by atoms with van der Waals surface area (Å²) in [4.78, 5) is 24.4. The number of hydrogen-bond donors (Lipinski definition) is 1. The highest BCUT2D eigenvalue weighted by molar-refractivity contribution is 5.98. The lowest BCUT2D eigenvalue weighted by atomic mass is 9.85. The van der Waals surface area contributed by atoms with Crippen molar-refractivity contribution in [2.24, 2.45) is 5.92 Å². The first-order valence-electron chi connectivity index (χ1n) is 7.70. The number of carbonyl (C=O) groups excluding carboxylic acids is 2. The predicted octanol–water partition coefficient (Wildman–Crippen LogP) is 3.38. The Morgan fingerprint density at radius 2 is 1.68 bits per heavy atom. The van der Waals surface area contributed by atoms with Crippen molar-refractivity contribution in [3.05, 3.63) is 34.4 Å². The highest BCUT2D eigenvalue weighted by Gasteiger charge is 2.49. The summed E-state index contributed by atoms with van der Waals surface area (Å²) in [6.07, 6.45) is -10.5.